The van der Waals surface area contributed by atoms with E-state index < -0.39 is 11.9 Å². The van der Waals surface area contributed by atoms with Gasteiger partial charge < -0.3 is 20.1 Å². The van der Waals surface area contributed by atoms with Crippen LogP contribution in [0.25, 0.3) is 0 Å². The minimum absolute atomic E-state index is 0.150. The SMILES string of the molecule is COc1cccc(C(=O)NCC(=O)N2CCC(C(=O)O)C2)c1. The largest absolute Gasteiger partial charge is 0.497 e. The molecule has 2 N–H and O–H groups in total. The van der Waals surface area contributed by atoms with E-state index in [1.807, 2.05) is 0 Å². The van der Waals surface area contributed by atoms with Crippen molar-refractivity contribution in [1.29, 1.82) is 0 Å². The lowest BCUT2D eigenvalue weighted by Gasteiger charge is -2.16. The number of hydrogen-bond donors (Lipinski definition) is 2. The average Bonchev–Trinajstić information content (AvgIpc) is 3.02. The van der Waals surface area contributed by atoms with Crippen LogP contribution < -0.4 is 10.1 Å². The third-order valence-electron chi connectivity index (χ3n) is 3.62. The number of nitrogens with one attached hydrogen (secondary N) is 1. The maximum atomic E-state index is 12.0. The van der Waals surface area contributed by atoms with Gasteiger partial charge in [-0.3, -0.25) is 14.4 Å². The molecule has 118 valence electrons. The van der Waals surface area contributed by atoms with Gasteiger partial charge in [0, 0.05) is 18.7 Å². The van der Waals surface area contributed by atoms with E-state index in [0.717, 1.165) is 0 Å². The first-order valence-corrected chi connectivity index (χ1v) is 6.94. The van der Waals surface area contributed by atoms with Crippen LogP contribution in [0, 0.1) is 5.92 Å². The second-order valence-electron chi connectivity index (χ2n) is 5.08. The molecule has 1 aromatic rings. The van der Waals surface area contributed by atoms with Gasteiger partial charge in [0.05, 0.1) is 19.6 Å². The topological polar surface area (TPSA) is 95.9 Å². The summed E-state index contributed by atoms with van der Waals surface area (Å²) in [7, 11) is 1.51. The Morgan fingerprint density at radius 2 is 2.18 bits per heavy atom. The van der Waals surface area contributed by atoms with Crippen molar-refractivity contribution in [3.63, 3.8) is 0 Å². The van der Waals surface area contributed by atoms with Crippen LogP contribution in [0.2, 0.25) is 0 Å². The van der Waals surface area contributed by atoms with Gasteiger partial charge in [-0.15, -0.1) is 0 Å². The van der Waals surface area contributed by atoms with Gasteiger partial charge in [0.1, 0.15) is 5.75 Å². The Labute approximate surface area is 127 Å². The summed E-state index contributed by atoms with van der Waals surface area (Å²) >= 11 is 0. The normalized spacial score (nSPS) is 17.1. The van der Waals surface area contributed by atoms with Crippen LogP contribution >= 0.6 is 0 Å². The highest BCUT2D eigenvalue weighted by atomic mass is 16.5. The molecule has 1 fully saturated rings. The van der Waals surface area contributed by atoms with Crippen LogP contribution in [0.1, 0.15) is 16.8 Å². The molecular weight excluding hydrogens is 288 g/mol. The first kappa shape index (κ1) is 15.8. The molecule has 2 amide bonds. The zero-order valence-electron chi connectivity index (χ0n) is 12.2. The third kappa shape index (κ3) is 3.75. The average molecular weight is 306 g/mol. The Bertz CT molecular complexity index is 587. The van der Waals surface area contributed by atoms with E-state index in [4.69, 9.17) is 9.84 Å². The number of methoxy groups -OCH3 is 1. The van der Waals surface area contributed by atoms with E-state index in [0.29, 0.717) is 24.3 Å². The molecule has 2 rings (SSSR count). The fourth-order valence-electron chi connectivity index (χ4n) is 2.32. The van der Waals surface area contributed by atoms with E-state index in [2.05, 4.69) is 5.32 Å². The number of carboxylic acid groups (broad SMARTS) is 1. The lowest BCUT2D eigenvalue weighted by molar-refractivity contribution is -0.141. The fourth-order valence-corrected chi connectivity index (χ4v) is 2.32. The molecule has 1 aliphatic heterocycles. The van der Waals surface area contributed by atoms with E-state index in [9.17, 15) is 14.4 Å². The molecule has 1 aliphatic rings. The predicted molar refractivity (Wildman–Crippen MR) is 77.7 cm³/mol. The molecule has 0 saturated carbocycles. The van der Waals surface area contributed by atoms with Crippen LogP contribution in [-0.4, -0.2) is 54.5 Å². The van der Waals surface area contributed by atoms with Gasteiger partial charge in [-0.2, -0.15) is 0 Å². The minimum atomic E-state index is -0.893. The lowest BCUT2D eigenvalue weighted by atomic mass is 10.1. The zero-order valence-corrected chi connectivity index (χ0v) is 12.2. The molecule has 0 radical (unpaired) electrons. The number of hydrogen-bond acceptors (Lipinski definition) is 4. The summed E-state index contributed by atoms with van der Waals surface area (Å²) in [6.45, 7) is 0.455. The molecule has 7 heteroatoms. The quantitative estimate of drug-likeness (QED) is 0.819. The monoisotopic (exact) mass is 306 g/mol. The van der Waals surface area contributed by atoms with E-state index >= 15 is 0 Å². The molecule has 1 unspecified atom stereocenters. The predicted octanol–water partition coefficient (Wildman–Crippen LogP) is 0.358. The van der Waals surface area contributed by atoms with Crippen molar-refractivity contribution in [2.75, 3.05) is 26.7 Å². The van der Waals surface area contributed by atoms with Crippen molar-refractivity contribution >= 4 is 17.8 Å². The standard InChI is InChI=1S/C15H18N2O5/c1-22-12-4-2-3-10(7-12)14(19)16-8-13(18)17-6-5-11(9-17)15(20)21/h2-4,7,11H,5-6,8-9H2,1H3,(H,16,19)(H,20,21). The van der Waals surface area contributed by atoms with Gasteiger partial charge in [0.25, 0.3) is 5.91 Å². The van der Waals surface area contributed by atoms with Crippen molar-refractivity contribution in [2.24, 2.45) is 5.92 Å². The summed E-state index contributed by atoms with van der Waals surface area (Å²) in [5, 5.41) is 11.4. The van der Waals surface area contributed by atoms with Gasteiger partial charge >= 0.3 is 5.97 Å². The molecule has 0 spiro atoms. The van der Waals surface area contributed by atoms with Crippen LogP contribution in [0.3, 0.4) is 0 Å². The molecule has 1 atom stereocenters. The number of benzene rings is 1. The Kier molecular flexibility index (Phi) is 4.98. The maximum Gasteiger partial charge on any atom is 0.308 e. The van der Waals surface area contributed by atoms with Gasteiger partial charge in [0.15, 0.2) is 0 Å². The number of likely N-dealkylation sites (tertiary alicyclic amines) is 1. The van der Waals surface area contributed by atoms with Crippen LogP contribution in [-0.2, 0) is 9.59 Å². The van der Waals surface area contributed by atoms with Crippen LogP contribution in [0.5, 0.6) is 5.75 Å². The van der Waals surface area contributed by atoms with Crippen molar-refractivity contribution in [3.8, 4) is 5.75 Å². The molecule has 1 saturated heterocycles. The van der Waals surface area contributed by atoms with Gasteiger partial charge in [0.2, 0.25) is 5.91 Å². The number of nitrogens with zero attached hydrogens (tertiary/aromatic N) is 1. The summed E-state index contributed by atoms with van der Waals surface area (Å²) in [6.07, 6.45) is 0.449. The molecule has 0 bridgehead atoms. The summed E-state index contributed by atoms with van der Waals surface area (Å²) in [4.78, 5) is 36.3. The second-order valence-corrected chi connectivity index (χ2v) is 5.08. The first-order valence-electron chi connectivity index (χ1n) is 6.94. The van der Waals surface area contributed by atoms with E-state index in [1.165, 1.54) is 12.0 Å². The van der Waals surface area contributed by atoms with Crippen molar-refractivity contribution in [3.05, 3.63) is 29.8 Å². The molecule has 0 aromatic heterocycles. The minimum Gasteiger partial charge on any atom is -0.497 e. The molecule has 22 heavy (non-hydrogen) atoms. The molecule has 7 nitrogen and oxygen atoms in total. The number of rotatable bonds is 5. The Balaban J connectivity index is 1.86. The molecule has 0 aliphatic carbocycles. The van der Waals surface area contributed by atoms with Crippen molar-refractivity contribution in [1.82, 2.24) is 10.2 Å². The van der Waals surface area contributed by atoms with E-state index in [1.54, 1.807) is 24.3 Å². The Hall–Kier alpha value is -2.57. The lowest BCUT2D eigenvalue weighted by Crippen LogP contribution is -2.39. The van der Waals surface area contributed by atoms with E-state index in [-0.39, 0.29) is 24.9 Å². The molecule has 1 aromatic carbocycles. The highest BCUT2D eigenvalue weighted by molar-refractivity contribution is 5.96. The molecular formula is C15H18N2O5. The summed E-state index contributed by atoms with van der Waals surface area (Å²) in [5.41, 5.74) is 0.400. The smallest absolute Gasteiger partial charge is 0.308 e. The highest BCUT2D eigenvalue weighted by Gasteiger charge is 2.30. The summed E-state index contributed by atoms with van der Waals surface area (Å²) < 4.78 is 5.04. The number of carboxylic acids is 1. The van der Waals surface area contributed by atoms with Gasteiger partial charge in [-0.1, -0.05) is 6.07 Å². The highest BCUT2D eigenvalue weighted by Crippen LogP contribution is 2.16. The maximum absolute atomic E-state index is 12.0. The van der Waals surface area contributed by atoms with Crippen LogP contribution in [0.4, 0.5) is 0 Å². The van der Waals surface area contributed by atoms with Crippen LogP contribution in [0.15, 0.2) is 24.3 Å². The van der Waals surface area contributed by atoms with Gasteiger partial charge in [-0.05, 0) is 24.6 Å². The number of amides is 2. The van der Waals surface area contributed by atoms with Crippen molar-refractivity contribution in [2.45, 2.75) is 6.42 Å². The Morgan fingerprint density at radius 1 is 1.41 bits per heavy atom. The zero-order chi connectivity index (χ0) is 16.1. The number of ether oxygens (including phenoxy) is 1. The van der Waals surface area contributed by atoms with Gasteiger partial charge in [-0.25, -0.2) is 0 Å². The number of aliphatic carboxylic acids is 1. The third-order valence-corrected chi connectivity index (χ3v) is 3.62. The first-order chi connectivity index (χ1) is 10.5. The molecule has 1 heterocycles. The summed E-state index contributed by atoms with van der Waals surface area (Å²) in [5.74, 6) is -1.50. The second kappa shape index (κ2) is 6.93. The van der Waals surface area contributed by atoms with Crippen molar-refractivity contribution < 1.29 is 24.2 Å². The number of carbonyl (C=O) groups excluding carboxylic acids is 2. The Morgan fingerprint density at radius 3 is 2.82 bits per heavy atom. The fraction of sp³-hybridized carbons (Fsp3) is 0.400. The summed E-state index contributed by atoms with van der Waals surface area (Å²) in [6, 6.07) is 6.61. The number of carbonyl (C=O) groups is 3.